The first kappa shape index (κ1) is 12.7. The van der Waals surface area contributed by atoms with Gasteiger partial charge in [0.15, 0.2) is 0 Å². The summed E-state index contributed by atoms with van der Waals surface area (Å²) in [5, 5.41) is 9.40. The van der Waals surface area contributed by atoms with Crippen molar-refractivity contribution >= 4 is 11.4 Å². The van der Waals surface area contributed by atoms with Gasteiger partial charge in [-0.2, -0.15) is 5.26 Å². The van der Waals surface area contributed by atoms with E-state index >= 15 is 0 Å². The highest BCUT2D eigenvalue weighted by Crippen LogP contribution is 2.38. The summed E-state index contributed by atoms with van der Waals surface area (Å²) in [4.78, 5) is 2.32. The van der Waals surface area contributed by atoms with E-state index in [-0.39, 0.29) is 0 Å². The van der Waals surface area contributed by atoms with Gasteiger partial charge in [-0.1, -0.05) is 24.3 Å². The Bertz CT molecular complexity index is 682. The number of hydrogen-bond donors (Lipinski definition) is 0. The zero-order valence-electron chi connectivity index (χ0n) is 11.9. The number of nitrogens with zero attached hydrogens (tertiary/aromatic N) is 2. The zero-order chi connectivity index (χ0) is 14.1. The minimum absolute atomic E-state index is 0.416. The molecule has 0 bridgehead atoms. The summed E-state index contributed by atoms with van der Waals surface area (Å²) in [5.74, 6) is 0. The molecule has 1 unspecified atom stereocenters. The standard InChI is InChI=1S/C18H18N2/c1-13-7-9-16(12-19)18(11-13)20-14(2)8-10-15-5-3-4-6-17(15)20/h3-7,9,11,14H,8,10H2,1-2H3. The number of hydrogen-bond acceptors (Lipinski definition) is 2. The molecule has 1 heterocycles. The van der Waals surface area contributed by atoms with Crippen LogP contribution >= 0.6 is 0 Å². The molecule has 0 saturated carbocycles. The first-order valence-electron chi connectivity index (χ1n) is 7.08. The third kappa shape index (κ3) is 2.06. The van der Waals surface area contributed by atoms with Gasteiger partial charge in [0.25, 0.3) is 0 Å². The molecule has 1 aliphatic heterocycles. The van der Waals surface area contributed by atoms with Crippen LogP contribution in [0, 0.1) is 18.3 Å². The fraction of sp³-hybridized carbons (Fsp3) is 0.278. The number of rotatable bonds is 1. The predicted octanol–water partition coefficient (Wildman–Crippen LogP) is 4.34. The molecule has 3 rings (SSSR count). The van der Waals surface area contributed by atoms with Crippen LogP contribution in [-0.4, -0.2) is 6.04 Å². The van der Waals surface area contributed by atoms with Crippen LogP contribution < -0.4 is 4.90 Å². The maximum absolute atomic E-state index is 9.40. The fourth-order valence-electron chi connectivity index (χ4n) is 2.99. The third-order valence-corrected chi connectivity index (χ3v) is 4.06. The summed E-state index contributed by atoms with van der Waals surface area (Å²) < 4.78 is 0. The molecule has 2 aromatic carbocycles. The minimum atomic E-state index is 0.416. The second-order valence-electron chi connectivity index (χ2n) is 5.52. The van der Waals surface area contributed by atoms with Gasteiger partial charge >= 0.3 is 0 Å². The molecule has 0 saturated heterocycles. The van der Waals surface area contributed by atoms with E-state index in [4.69, 9.17) is 0 Å². The highest BCUT2D eigenvalue weighted by Gasteiger charge is 2.25. The van der Waals surface area contributed by atoms with Crippen LogP contribution in [0.5, 0.6) is 0 Å². The average Bonchev–Trinajstić information content (AvgIpc) is 2.47. The van der Waals surface area contributed by atoms with Gasteiger partial charge in [-0.25, -0.2) is 0 Å². The van der Waals surface area contributed by atoms with Crippen molar-refractivity contribution in [2.24, 2.45) is 0 Å². The Morgan fingerprint density at radius 2 is 1.95 bits per heavy atom. The van der Waals surface area contributed by atoms with Crippen molar-refractivity contribution in [1.29, 1.82) is 5.26 Å². The van der Waals surface area contributed by atoms with E-state index < -0.39 is 0 Å². The third-order valence-electron chi connectivity index (χ3n) is 4.06. The largest absolute Gasteiger partial charge is 0.337 e. The molecule has 0 spiro atoms. The van der Waals surface area contributed by atoms with Gasteiger partial charge in [0.1, 0.15) is 6.07 Å². The lowest BCUT2D eigenvalue weighted by Crippen LogP contribution is -2.33. The van der Waals surface area contributed by atoms with Crippen LogP contribution in [0.25, 0.3) is 0 Å². The Morgan fingerprint density at radius 3 is 2.75 bits per heavy atom. The summed E-state index contributed by atoms with van der Waals surface area (Å²) >= 11 is 0. The molecule has 0 N–H and O–H groups in total. The Kier molecular flexibility index (Phi) is 3.20. The van der Waals surface area contributed by atoms with Gasteiger partial charge in [-0.05, 0) is 56.0 Å². The number of benzene rings is 2. The van der Waals surface area contributed by atoms with Crippen molar-refractivity contribution in [2.75, 3.05) is 4.90 Å². The normalized spacial score (nSPS) is 17.4. The van der Waals surface area contributed by atoms with Crippen molar-refractivity contribution < 1.29 is 0 Å². The molecular formula is C18H18N2. The zero-order valence-corrected chi connectivity index (χ0v) is 11.9. The molecule has 0 radical (unpaired) electrons. The fourth-order valence-corrected chi connectivity index (χ4v) is 2.99. The molecule has 2 heteroatoms. The molecule has 2 nitrogen and oxygen atoms in total. The number of para-hydroxylation sites is 1. The lowest BCUT2D eigenvalue weighted by molar-refractivity contribution is 0.617. The van der Waals surface area contributed by atoms with Crippen molar-refractivity contribution in [1.82, 2.24) is 0 Å². The SMILES string of the molecule is Cc1ccc(C#N)c(N2c3ccccc3CCC2C)c1. The van der Waals surface area contributed by atoms with E-state index in [1.54, 1.807) is 0 Å². The van der Waals surface area contributed by atoms with Gasteiger partial charge in [0.2, 0.25) is 0 Å². The summed E-state index contributed by atoms with van der Waals surface area (Å²) in [6.07, 6.45) is 2.23. The van der Waals surface area contributed by atoms with Crippen molar-refractivity contribution in [2.45, 2.75) is 32.7 Å². The molecule has 0 aliphatic carbocycles. The molecule has 2 aromatic rings. The molecule has 0 amide bonds. The Morgan fingerprint density at radius 1 is 1.15 bits per heavy atom. The topological polar surface area (TPSA) is 27.0 Å². The molecule has 0 aromatic heterocycles. The lowest BCUT2D eigenvalue weighted by Gasteiger charge is -2.37. The number of fused-ring (bicyclic) bond motifs is 1. The Balaban J connectivity index is 2.19. The van der Waals surface area contributed by atoms with E-state index in [0.29, 0.717) is 6.04 Å². The second-order valence-corrected chi connectivity index (χ2v) is 5.52. The summed E-state index contributed by atoms with van der Waals surface area (Å²) in [6.45, 7) is 4.31. The highest BCUT2D eigenvalue weighted by atomic mass is 15.2. The van der Waals surface area contributed by atoms with E-state index in [1.165, 1.54) is 16.8 Å². The monoisotopic (exact) mass is 262 g/mol. The molecule has 1 atom stereocenters. The van der Waals surface area contributed by atoms with E-state index in [0.717, 1.165) is 24.1 Å². The van der Waals surface area contributed by atoms with Gasteiger partial charge in [0.05, 0.1) is 11.3 Å². The van der Waals surface area contributed by atoms with Crippen molar-refractivity contribution in [3.8, 4) is 6.07 Å². The number of anilines is 2. The van der Waals surface area contributed by atoms with Gasteiger partial charge in [-0.3, -0.25) is 0 Å². The van der Waals surface area contributed by atoms with Crippen molar-refractivity contribution in [3.63, 3.8) is 0 Å². The summed E-state index contributed by atoms with van der Waals surface area (Å²) in [6, 6.07) is 17.3. The molecule has 20 heavy (non-hydrogen) atoms. The molecule has 0 fully saturated rings. The number of nitriles is 1. The number of aryl methyl sites for hydroxylation is 2. The van der Waals surface area contributed by atoms with Gasteiger partial charge in [-0.15, -0.1) is 0 Å². The highest BCUT2D eigenvalue weighted by molar-refractivity contribution is 5.73. The first-order valence-corrected chi connectivity index (χ1v) is 7.08. The van der Waals surface area contributed by atoms with Crippen LogP contribution in [0.1, 0.15) is 30.0 Å². The quantitative estimate of drug-likeness (QED) is 0.764. The smallest absolute Gasteiger partial charge is 0.101 e. The van der Waals surface area contributed by atoms with E-state index in [2.05, 4.69) is 55.1 Å². The molecule has 100 valence electrons. The first-order chi connectivity index (χ1) is 9.70. The summed E-state index contributed by atoms with van der Waals surface area (Å²) in [7, 11) is 0. The maximum atomic E-state index is 9.40. The summed E-state index contributed by atoms with van der Waals surface area (Å²) in [5.41, 5.74) is 5.59. The Hall–Kier alpha value is -2.27. The predicted molar refractivity (Wildman–Crippen MR) is 82.3 cm³/mol. The lowest BCUT2D eigenvalue weighted by atomic mass is 9.95. The van der Waals surface area contributed by atoms with Crippen molar-refractivity contribution in [3.05, 3.63) is 59.2 Å². The molecule has 1 aliphatic rings. The molecular weight excluding hydrogens is 244 g/mol. The van der Waals surface area contributed by atoms with E-state index in [9.17, 15) is 5.26 Å². The van der Waals surface area contributed by atoms with Crippen LogP contribution in [0.2, 0.25) is 0 Å². The average molecular weight is 262 g/mol. The minimum Gasteiger partial charge on any atom is -0.337 e. The van der Waals surface area contributed by atoms with Crippen LogP contribution in [0.4, 0.5) is 11.4 Å². The van der Waals surface area contributed by atoms with Crippen LogP contribution in [-0.2, 0) is 6.42 Å². The van der Waals surface area contributed by atoms with Crippen LogP contribution in [0.15, 0.2) is 42.5 Å². The van der Waals surface area contributed by atoms with Gasteiger partial charge in [0, 0.05) is 11.7 Å². The van der Waals surface area contributed by atoms with Gasteiger partial charge < -0.3 is 4.90 Å². The second kappa shape index (κ2) is 5.02. The Labute approximate surface area is 120 Å². The maximum Gasteiger partial charge on any atom is 0.101 e. The van der Waals surface area contributed by atoms with Crippen LogP contribution in [0.3, 0.4) is 0 Å². The van der Waals surface area contributed by atoms with E-state index in [1.807, 2.05) is 12.1 Å².